The Morgan fingerprint density at radius 2 is 1.70 bits per heavy atom. The van der Waals surface area contributed by atoms with Crippen molar-refractivity contribution in [3.63, 3.8) is 0 Å². The van der Waals surface area contributed by atoms with Crippen LogP contribution in [0.15, 0.2) is 60.7 Å². The minimum absolute atomic E-state index is 0.0357. The summed E-state index contributed by atoms with van der Waals surface area (Å²) >= 11 is 0. The fraction of sp³-hybridized carbons (Fsp3) is 0.355. The van der Waals surface area contributed by atoms with Gasteiger partial charge in [-0.3, -0.25) is 24.5 Å². The van der Waals surface area contributed by atoms with E-state index in [-0.39, 0.29) is 43.3 Å². The molecule has 0 aliphatic carbocycles. The second-order valence-corrected chi connectivity index (χ2v) is 10.6. The number of likely N-dealkylation sites (tertiary alicyclic amines) is 1. The average molecular weight is 542 g/mol. The van der Waals surface area contributed by atoms with Crippen molar-refractivity contribution in [3.05, 3.63) is 71.8 Å². The Labute approximate surface area is 232 Å². The number of carbonyl (C=O) groups excluding carboxylic acids is 4. The fourth-order valence-corrected chi connectivity index (χ4v) is 5.82. The molecule has 2 unspecified atom stereocenters. The molecule has 3 aliphatic heterocycles. The van der Waals surface area contributed by atoms with Crippen LogP contribution in [0.3, 0.4) is 0 Å². The van der Waals surface area contributed by atoms with Gasteiger partial charge in [0.1, 0.15) is 24.1 Å². The minimum atomic E-state index is -0.652. The smallest absolute Gasteiger partial charge is 0.260 e. The molecule has 3 aromatic rings. The Morgan fingerprint density at radius 1 is 0.900 bits per heavy atom. The number of imide groups is 1. The van der Waals surface area contributed by atoms with Gasteiger partial charge in [0.25, 0.3) is 11.8 Å². The van der Waals surface area contributed by atoms with Crippen molar-refractivity contribution in [1.29, 1.82) is 0 Å². The van der Waals surface area contributed by atoms with E-state index in [0.29, 0.717) is 36.6 Å². The lowest BCUT2D eigenvalue weighted by atomic mass is 10.0. The number of fused-ring (bicyclic) bond motifs is 2. The third-order valence-corrected chi connectivity index (χ3v) is 7.97. The largest absolute Gasteiger partial charge is 0.491 e. The molecule has 3 aliphatic rings. The monoisotopic (exact) mass is 541 g/mol. The molecule has 3 heterocycles. The van der Waals surface area contributed by atoms with Crippen molar-refractivity contribution in [2.75, 3.05) is 19.8 Å². The van der Waals surface area contributed by atoms with Crippen LogP contribution in [0.4, 0.5) is 0 Å². The number of ether oxygens (including phenoxy) is 2. The van der Waals surface area contributed by atoms with Crippen molar-refractivity contribution in [1.82, 2.24) is 15.1 Å². The summed E-state index contributed by atoms with van der Waals surface area (Å²) in [5, 5.41) is 4.50. The van der Waals surface area contributed by atoms with E-state index in [1.807, 2.05) is 53.4 Å². The molecule has 0 radical (unpaired) electrons. The van der Waals surface area contributed by atoms with E-state index in [2.05, 4.69) is 5.32 Å². The first-order valence-electron chi connectivity index (χ1n) is 13.8. The molecule has 2 saturated heterocycles. The number of piperidine rings is 2. The summed E-state index contributed by atoms with van der Waals surface area (Å²) in [7, 11) is 0. The third kappa shape index (κ3) is 5.23. The van der Waals surface area contributed by atoms with Gasteiger partial charge in [-0.2, -0.15) is 0 Å². The summed E-state index contributed by atoms with van der Waals surface area (Å²) < 4.78 is 12.0. The zero-order valence-corrected chi connectivity index (χ0v) is 22.1. The van der Waals surface area contributed by atoms with Crippen LogP contribution in [0.5, 0.6) is 11.5 Å². The SMILES string of the molecule is O=C1CCC(N2Cc3cc(OCC4CCCCN4C(=O)COc4ccc5ccccc5c4)ccc3C2=O)C(=O)N1. The molecular formula is C31H31N3O6. The molecule has 4 amide bonds. The molecule has 6 rings (SSSR count). The van der Waals surface area contributed by atoms with E-state index in [1.165, 1.54) is 4.90 Å². The number of nitrogens with zero attached hydrogens (tertiary/aromatic N) is 2. The summed E-state index contributed by atoms with van der Waals surface area (Å²) in [5.41, 5.74) is 1.32. The molecule has 9 heteroatoms. The topological polar surface area (TPSA) is 105 Å². The zero-order chi connectivity index (χ0) is 27.6. The highest BCUT2D eigenvalue weighted by Gasteiger charge is 2.39. The number of carbonyl (C=O) groups is 4. The number of nitrogens with one attached hydrogen (secondary N) is 1. The molecule has 0 saturated carbocycles. The van der Waals surface area contributed by atoms with E-state index in [9.17, 15) is 19.2 Å². The first-order valence-corrected chi connectivity index (χ1v) is 13.8. The van der Waals surface area contributed by atoms with Crippen LogP contribution >= 0.6 is 0 Å². The van der Waals surface area contributed by atoms with E-state index in [0.717, 1.165) is 35.6 Å². The summed E-state index contributed by atoms with van der Waals surface area (Å²) in [4.78, 5) is 53.3. The van der Waals surface area contributed by atoms with Crippen LogP contribution in [-0.2, 0) is 20.9 Å². The highest BCUT2D eigenvalue weighted by Crippen LogP contribution is 2.30. The Bertz CT molecular complexity index is 1490. The highest BCUT2D eigenvalue weighted by atomic mass is 16.5. The molecule has 0 bridgehead atoms. The number of benzene rings is 3. The van der Waals surface area contributed by atoms with Crippen molar-refractivity contribution < 1.29 is 28.7 Å². The van der Waals surface area contributed by atoms with Crippen LogP contribution in [-0.4, -0.2) is 65.3 Å². The molecule has 3 aromatic carbocycles. The summed E-state index contributed by atoms with van der Waals surface area (Å²) in [6, 6.07) is 18.4. The van der Waals surface area contributed by atoms with Gasteiger partial charge in [-0.15, -0.1) is 0 Å². The van der Waals surface area contributed by atoms with Gasteiger partial charge in [0.05, 0.1) is 6.04 Å². The summed E-state index contributed by atoms with van der Waals surface area (Å²) in [5.74, 6) is 0.252. The maximum absolute atomic E-state index is 13.1. The molecule has 0 aromatic heterocycles. The molecule has 2 atom stereocenters. The lowest BCUT2D eigenvalue weighted by molar-refractivity contribution is -0.138. The molecule has 40 heavy (non-hydrogen) atoms. The molecule has 206 valence electrons. The quantitative estimate of drug-likeness (QED) is 0.460. The predicted molar refractivity (Wildman–Crippen MR) is 147 cm³/mol. The van der Waals surface area contributed by atoms with Gasteiger partial charge in [0.2, 0.25) is 11.8 Å². The van der Waals surface area contributed by atoms with Crippen LogP contribution in [0.1, 0.15) is 48.0 Å². The molecular weight excluding hydrogens is 510 g/mol. The maximum atomic E-state index is 13.1. The van der Waals surface area contributed by atoms with Gasteiger partial charge in [-0.05, 0) is 72.4 Å². The lowest BCUT2D eigenvalue weighted by Crippen LogP contribution is -2.52. The van der Waals surface area contributed by atoms with E-state index in [1.54, 1.807) is 12.1 Å². The maximum Gasteiger partial charge on any atom is 0.260 e. The Morgan fingerprint density at radius 3 is 2.55 bits per heavy atom. The molecule has 1 N–H and O–H groups in total. The molecule has 0 spiro atoms. The first-order chi connectivity index (χ1) is 19.5. The van der Waals surface area contributed by atoms with Crippen molar-refractivity contribution in [2.24, 2.45) is 0 Å². The number of amides is 4. The molecule has 2 fully saturated rings. The Kier molecular flexibility index (Phi) is 7.11. The second-order valence-electron chi connectivity index (χ2n) is 10.6. The Balaban J connectivity index is 1.06. The standard InChI is InChI=1S/C31H31N3O6/c35-28-13-12-27(30(37)32-28)34-17-22-16-25(10-11-26(22)31(34)38)39-18-23-7-3-4-14-33(23)29(36)19-40-24-9-8-20-5-1-2-6-21(20)15-24/h1-2,5-6,8-11,15-16,23,27H,3-4,7,12-14,17-19H2,(H,32,35,37). The predicted octanol–water partition coefficient (Wildman–Crippen LogP) is 3.44. The third-order valence-electron chi connectivity index (χ3n) is 7.97. The number of rotatable bonds is 7. The summed E-state index contributed by atoms with van der Waals surface area (Å²) in [6.45, 7) is 1.25. The van der Waals surface area contributed by atoms with Gasteiger partial charge < -0.3 is 19.3 Å². The van der Waals surface area contributed by atoms with Crippen LogP contribution in [0, 0.1) is 0 Å². The minimum Gasteiger partial charge on any atom is -0.491 e. The summed E-state index contributed by atoms with van der Waals surface area (Å²) in [6.07, 6.45) is 3.34. The van der Waals surface area contributed by atoms with E-state index in [4.69, 9.17) is 9.47 Å². The van der Waals surface area contributed by atoms with Gasteiger partial charge in [-0.1, -0.05) is 30.3 Å². The Hall–Kier alpha value is -4.40. The van der Waals surface area contributed by atoms with Crippen molar-refractivity contribution in [2.45, 2.75) is 50.7 Å². The van der Waals surface area contributed by atoms with E-state index < -0.39 is 11.9 Å². The average Bonchev–Trinajstić information content (AvgIpc) is 3.30. The van der Waals surface area contributed by atoms with Gasteiger partial charge >= 0.3 is 0 Å². The lowest BCUT2D eigenvalue weighted by Gasteiger charge is -2.35. The van der Waals surface area contributed by atoms with Crippen molar-refractivity contribution >= 4 is 34.4 Å². The van der Waals surface area contributed by atoms with Gasteiger partial charge in [0, 0.05) is 25.1 Å². The van der Waals surface area contributed by atoms with Gasteiger partial charge in [-0.25, -0.2) is 0 Å². The number of hydrogen-bond acceptors (Lipinski definition) is 6. The first kappa shape index (κ1) is 25.9. The molecule has 9 nitrogen and oxygen atoms in total. The zero-order valence-electron chi connectivity index (χ0n) is 22.1. The second kappa shape index (κ2) is 11.0. The van der Waals surface area contributed by atoms with Crippen LogP contribution in [0.2, 0.25) is 0 Å². The van der Waals surface area contributed by atoms with Crippen molar-refractivity contribution in [3.8, 4) is 11.5 Å². The fourth-order valence-electron chi connectivity index (χ4n) is 5.82. The number of hydrogen-bond donors (Lipinski definition) is 1. The van der Waals surface area contributed by atoms with Crippen LogP contribution < -0.4 is 14.8 Å². The normalized spacial score (nSPS) is 20.9. The van der Waals surface area contributed by atoms with E-state index >= 15 is 0 Å². The van der Waals surface area contributed by atoms with Crippen LogP contribution in [0.25, 0.3) is 10.8 Å². The highest BCUT2D eigenvalue weighted by molar-refractivity contribution is 6.05. The van der Waals surface area contributed by atoms with Gasteiger partial charge in [0.15, 0.2) is 6.61 Å².